The van der Waals surface area contributed by atoms with Gasteiger partial charge in [-0.15, -0.1) is 0 Å². The number of hydrogen-bond donors (Lipinski definition) is 2. The predicted octanol–water partition coefficient (Wildman–Crippen LogP) is 2.43. The van der Waals surface area contributed by atoms with Gasteiger partial charge in [0.1, 0.15) is 5.56 Å². The number of nitrogens with one attached hydrogen (secondary N) is 1. The molecule has 0 saturated carbocycles. The van der Waals surface area contributed by atoms with E-state index in [1.165, 1.54) is 0 Å². The lowest BCUT2D eigenvalue weighted by Crippen LogP contribution is -2.08. The van der Waals surface area contributed by atoms with Gasteiger partial charge in [0, 0.05) is 11.5 Å². The lowest BCUT2D eigenvalue weighted by atomic mass is 10.1. The van der Waals surface area contributed by atoms with E-state index in [0.29, 0.717) is 0 Å². The van der Waals surface area contributed by atoms with Gasteiger partial charge in [-0.25, -0.2) is 4.39 Å². The van der Waals surface area contributed by atoms with Crippen molar-refractivity contribution >= 4 is 10.9 Å². The third-order valence-corrected chi connectivity index (χ3v) is 1.95. The summed E-state index contributed by atoms with van der Waals surface area (Å²) in [6.07, 6.45) is -4.01. The Bertz CT molecular complexity index is 517. The van der Waals surface area contributed by atoms with Crippen LogP contribution in [0.3, 0.4) is 0 Å². The summed E-state index contributed by atoms with van der Waals surface area (Å²) >= 11 is 0. The molecule has 0 aliphatic rings. The van der Waals surface area contributed by atoms with Crippen LogP contribution in [0.1, 0.15) is 5.56 Å². The van der Waals surface area contributed by atoms with Crippen molar-refractivity contribution < 1.29 is 22.7 Å². The molecule has 0 unspecified atom stereocenters. The first kappa shape index (κ1) is 9.75. The first-order chi connectivity index (χ1) is 6.91. The minimum atomic E-state index is -4.87. The van der Waals surface area contributed by atoms with Crippen LogP contribution in [0.5, 0.6) is 5.75 Å². The van der Waals surface area contributed by atoms with E-state index in [9.17, 15) is 17.6 Å². The van der Waals surface area contributed by atoms with Gasteiger partial charge < -0.3 is 5.11 Å². The summed E-state index contributed by atoms with van der Waals surface area (Å²) in [5.74, 6) is -2.74. The Balaban J connectivity index is 2.90. The van der Waals surface area contributed by atoms with E-state index >= 15 is 0 Å². The van der Waals surface area contributed by atoms with Crippen molar-refractivity contribution in [2.24, 2.45) is 0 Å². The number of hydrogen-bond acceptors (Lipinski definition) is 2. The van der Waals surface area contributed by atoms with Crippen molar-refractivity contribution in [2.75, 3.05) is 0 Å². The summed E-state index contributed by atoms with van der Waals surface area (Å²) in [6.45, 7) is 0. The quantitative estimate of drug-likeness (QED) is 0.670. The van der Waals surface area contributed by atoms with Crippen LogP contribution < -0.4 is 0 Å². The summed E-state index contributed by atoms with van der Waals surface area (Å²) in [5.41, 5.74) is -1.58. The van der Waals surface area contributed by atoms with Crippen LogP contribution in [-0.4, -0.2) is 15.3 Å². The number of aromatic hydroxyl groups is 1. The molecule has 1 heterocycles. The first-order valence-corrected chi connectivity index (χ1v) is 3.83. The van der Waals surface area contributed by atoms with E-state index in [2.05, 4.69) is 10.2 Å². The summed E-state index contributed by atoms with van der Waals surface area (Å²) in [7, 11) is 0. The van der Waals surface area contributed by atoms with Crippen molar-refractivity contribution in [1.82, 2.24) is 10.2 Å². The summed E-state index contributed by atoms with van der Waals surface area (Å²) < 4.78 is 50.4. The van der Waals surface area contributed by atoms with Gasteiger partial charge >= 0.3 is 6.18 Å². The highest BCUT2D eigenvalue weighted by Crippen LogP contribution is 2.39. The Morgan fingerprint density at radius 3 is 2.60 bits per heavy atom. The molecule has 7 heteroatoms. The number of nitrogens with zero attached hydrogens (tertiary/aromatic N) is 1. The van der Waals surface area contributed by atoms with Crippen molar-refractivity contribution in [3.63, 3.8) is 0 Å². The third kappa shape index (κ3) is 1.39. The molecule has 2 rings (SSSR count). The lowest BCUT2D eigenvalue weighted by Gasteiger charge is -2.09. The Labute approximate surface area is 80.3 Å². The van der Waals surface area contributed by atoms with Crippen molar-refractivity contribution in [3.05, 3.63) is 23.6 Å². The largest absolute Gasteiger partial charge is 0.505 e. The van der Waals surface area contributed by atoms with Gasteiger partial charge in [-0.1, -0.05) is 0 Å². The highest BCUT2D eigenvalue weighted by atomic mass is 19.4. The van der Waals surface area contributed by atoms with Gasteiger partial charge in [-0.2, -0.15) is 18.3 Å². The second-order valence-corrected chi connectivity index (χ2v) is 2.91. The van der Waals surface area contributed by atoms with Gasteiger partial charge in [0.05, 0.1) is 11.7 Å². The number of H-pyrrole nitrogens is 1. The fraction of sp³-hybridized carbons (Fsp3) is 0.125. The zero-order chi connectivity index (χ0) is 11.2. The van der Waals surface area contributed by atoms with Crippen LogP contribution in [0.15, 0.2) is 12.3 Å². The Morgan fingerprint density at radius 1 is 1.33 bits per heavy atom. The second-order valence-electron chi connectivity index (χ2n) is 2.91. The van der Waals surface area contributed by atoms with Crippen LogP contribution >= 0.6 is 0 Å². The molecule has 0 aliphatic carbocycles. The molecule has 1 aromatic carbocycles. The van der Waals surface area contributed by atoms with Crippen LogP contribution in [0.25, 0.3) is 10.9 Å². The smallest absolute Gasteiger partial charge is 0.420 e. The van der Waals surface area contributed by atoms with Gasteiger partial charge in [-0.3, -0.25) is 5.10 Å². The standard InChI is InChI=1S/C8H4F4N2O/c9-7-5(15)1-4-3(2-13-14-4)6(7)8(10,11)12/h1-2,15H,(H,13,14). The Morgan fingerprint density at radius 2 is 2.00 bits per heavy atom. The van der Waals surface area contributed by atoms with Crippen molar-refractivity contribution in [2.45, 2.75) is 6.18 Å². The summed E-state index contributed by atoms with van der Waals surface area (Å²) in [6, 6.07) is 0.854. The van der Waals surface area contributed by atoms with E-state index in [0.717, 1.165) is 12.3 Å². The second kappa shape index (κ2) is 2.85. The van der Waals surface area contributed by atoms with Crippen LogP contribution in [0.4, 0.5) is 17.6 Å². The van der Waals surface area contributed by atoms with E-state index in [4.69, 9.17) is 5.11 Å². The Hall–Kier alpha value is -1.79. The lowest BCUT2D eigenvalue weighted by molar-refractivity contribution is -0.138. The van der Waals surface area contributed by atoms with Crippen LogP contribution in [0, 0.1) is 5.82 Å². The number of benzene rings is 1. The molecule has 0 spiro atoms. The van der Waals surface area contributed by atoms with Crippen LogP contribution in [-0.2, 0) is 6.18 Å². The maximum Gasteiger partial charge on any atom is 0.420 e. The summed E-state index contributed by atoms with van der Waals surface area (Å²) in [4.78, 5) is 0. The first-order valence-electron chi connectivity index (χ1n) is 3.83. The minimum absolute atomic E-state index is 0.0683. The van der Waals surface area contributed by atoms with Gasteiger partial charge in [-0.05, 0) is 0 Å². The fourth-order valence-corrected chi connectivity index (χ4v) is 1.33. The average Bonchev–Trinajstić information content (AvgIpc) is 2.50. The molecular weight excluding hydrogens is 216 g/mol. The normalized spacial score (nSPS) is 12.3. The molecular formula is C8H4F4N2O. The third-order valence-electron chi connectivity index (χ3n) is 1.95. The van der Waals surface area contributed by atoms with Gasteiger partial charge in [0.15, 0.2) is 11.6 Å². The highest BCUT2D eigenvalue weighted by Gasteiger charge is 2.38. The number of rotatable bonds is 0. The number of phenolic OH excluding ortho intramolecular Hbond substituents is 1. The molecule has 0 aliphatic heterocycles. The topological polar surface area (TPSA) is 48.9 Å². The molecule has 1 aromatic heterocycles. The Kier molecular flexibility index (Phi) is 1.85. The van der Waals surface area contributed by atoms with Crippen molar-refractivity contribution in [1.29, 1.82) is 0 Å². The molecule has 2 aromatic rings. The monoisotopic (exact) mass is 220 g/mol. The number of fused-ring (bicyclic) bond motifs is 1. The van der Waals surface area contributed by atoms with E-state index in [-0.39, 0.29) is 5.52 Å². The zero-order valence-electron chi connectivity index (χ0n) is 7.06. The zero-order valence-corrected chi connectivity index (χ0v) is 7.06. The summed E-state index contributed by atoms with van der Waals surface area (Å²) in [5, 5.41) is 14.1. The van der Waals surface area contributed by atoms with E-state index in [1.807, 2.05) is 0 Å². The molecule has 0 bridgehead atoms. The predicted molar refractivity (Wildman–Crippen MR) is 42.7 cm³/mol. The maximum absolute atomic E-state index is 13.1. The number of phenols is 1. The molecule has 0 saturated heterocycles. The van der Waals surface area contributed by atoms with Crippen LogP contribution in [0.2, 0.25) is 0 Å². The van der Waals surface area contributed by atoms with Gasteiger partial charge in [0.25, 0.3) is 0 Å². The molecule has 0 fully saturated rings. The molecule has 80 valence electrons. The fourth-order valence-electron chi connectivity index (χ4n) is 1.33. The van der Waals surface area contributed by atoms with E-state index in [1.54, 1.807) is 0 Å². The average molecular weight is 220 g/mol. The molecule has 0 amide bonds. The molecule has 2 N–H and O–H groups in total. The maximum atomic E-state index is 13.1. The molecule has 15 heavy (non-hydrogen) atoms. The molecule has 0 atom stereocenters. The number of aromatic nitrogens is 2. The molecule has 3 nitrogen and oxygen atoms in total. The van der Waals surface area contributed by atoms with Gasteiger partial charge in [0.2, 0.25) is 0 Å². The SMILES string of the molecule is Oc1cc2[nH]ncc2c(C(F)(F)F)c1F. The van der Waals surface area contributed by atoms with E-state index < -0.39 is 28.7 Å². The number of halogens is 4. The molecule has 0 radical (unpaired) electrons. The number of aromatic amines is 1. The van der Waals surface area contributed by atoms with Crippen molar-refractivity contribution in [3.8, 4) is 5.75 Å². The highest BCUT2D eigenvalue weighted by molar-refractivity contribution is 5.84. The minimum Gasteiger partial charge on any atom is -0.505 e. The number of alkyl halides is 3.